The molecule has 0 saturated heterocycles. The molecule has 0 bridgehead atoms. The first-order valence-corrected chi connectivity index (χ1v) is 8.52. The lowest BCUT2D eigenvalue weighted by Gasteiger charge is -2.05. The van der Waals surface area contributed by atoms with Crippen LogP contribution < -0.4 is 5.32 Å². The highest BCUT2D eigenvalue weighted by molar-refractivity contribution is 7.16. The van der Waals surface area contributed by atoms with Crippen LogP contribution in [0.25, 0.3) is 16.5 Å². The van der Waals surface area contributed by atoms with Crippen molar-refractivity contribution < 1.29 is 19.1 Å². The lowest BCUT2D eigenvalue weighted by molar-refractivity contribution is -0.132. The summed E-state index contributed by atoms with van der Waals surface area (Å²) in [6.07, 6.45) is 1.36. The molecule has 0 aliphatic heterocycles. The topological polar surface area (TPSA) is 66.4 Å². The summed E-state index contributed by atoms with van der Waals surface area (Å²) in [5, 5.41) is 11.8. The Labute approximate surface area is 153 Å². The van der Waals surface area contributed by atoms with Gasteiger partial charge in [0, 0.05) is 20.9 Å². The van der Waals surface area contributed by atoms with E-state index in [0.29, 0.717) is 20.9 Å². The van der Waals surface area contributed by atoms with Crippen LogP contribution in [0.2, 0.25) is 0 Å². The fourth-order valence-electron chi connectivity index (χ4n) is 2.31. The second-order valence-electron chi connectivity index (χ2n) is 5.37. The fraction of sp³-hybridized carbons (Fsp3) is 0. The number of carbonyl (C=O) groups excluding carboxylic acids is 1. The Morgan fingerprint density at radius 3 is 2.35 bits per heavy atom. The van der Waals surface area contributed by atoms with Crippen LogP contribution >= 0.6 is 11.3 Å². The van der Waals surface area contributed by atoms with Crippen molar-refractivity contribution in [3.05, 3.63) is 88.7 Å². The summed E-state index contributed by atoms with van der Waals surface area (Å²) in [5.74, 6) is -2.11. The van der Waals surface area contributed by atoms with Crippen molar-refractivity contribution in [3.8, 4) is 10.4 Å². The standard InChI is InChI=1S/C20H14FNO3S/c21-16-9-5-4-8-15(16)18-11-10-14(26-18)12-17(20(24)25)22-19(23)13-6-2-1-3-7-13/h1-12H,(H,22,23)(H,24,25)/b17-12+. The van der Waals surface area contributed by atoms with Crippen LogP contribution in [0.4, 0.5) is 4.39 Å². The van der Waals surface area contributed by atoms with Gasteiger partial charge in [0.05, 0.1) is 0 Å². The molecule has 0 fully saturated rings. The summed E-state index contributed by atoms with van der Waals surface area (Å²) in [5.41, 5.74) is 0.556. The van der Waals surface area contributed by atoms with Crippen LogP contribution in [0, 0.1) is 5.82 Å². The molecule has 4 nitrogen and oxygen atoms in total. The number of thiophene rings is 1. The number of rotatable bonds is 5. The molecule has 1 aromatic heterocycles. The van der Waals surface area contributed by atoms with Crippen molar-refractivity contribution in [2.75, 3.05) is 0 Å². The van der Waals surface area contributed by atoms with Crippen LogP contribution in [0.15, 0.2) is 72.4 Å². The van der Waals surface area contributed by atoms with Gasteiger partial charge in [0.15, 0.2) is 0 Å². The molecule has 6 heteroatoms. The molecule has 0 atom stereocenters. The molecular weight excluding hydrogens is 353 g/mol. The Balaban J connectivity index is 1.85. The van der Waals surface area contributed by atoms with Crippen LogP contribution in [0.5, 0.6) is 0 Å². The lowest BCUT2D eigenvalue weighted by atomic mass is 10.2. The first-order valence-electron chi connectivity index (χ1n) is 7.71. The first-order chi connectivity index (χ1) is 12.5. The second kappa shape index (κ2) is 7.76. The predicted octanol–water partition coefficient (Wildman–Crippen LogP) is 4.41. The zero-order chi connectivity index (χ0) is 18.5. The molecular formula is C20H14FNO3S. The number of amides is 1. The molecule has 0 aliphatic rings. The summed E-state index contributed by atoms with van der Waals surface area (Å²) in [7, 11) is 0. The third-order valence-corrected chi connectivity index (χ3v) is 4.63. The van der Waals surface area contributed by atoms with Crippen molar-refractivity contribution in [3.63, 3.8) is 0 Å². The molecule has 0 saturated carbocycles. The molecule has 2 N–H and O–H groups in total. The molecule has 0 spiro atoms. The summed E-state index contributed by atoms with van der Waals surface area (Å²) in [6.45, 7) is 0. The van der Waals surface area contributed by atoms with Crippen LogP contribution in [-0.2, 0) is 4.79 Å². The fourth-order valence-corrected chi connectivity index (χ4v) is 3.29. The second-order valence-corrected chi connectivity index (χ2v) is 6.48. The molecule has 1 heterocycles. The molecule has 2 aromatic carbocycles. The Morgan fingerprint density at radius 2 is 1.65 bits per heavy atom. The number of carboxylic acid groups (broad SMARTS) is 1. The van der Waals surface area contributed by atoms with E-state index >= 15 is 0 Å². The zero-order valence-electron chi connectivity index (χ0n) is 13.5. The molecule has 0 radical (unpaired) electrons. The highest BCUT2D eigenvalue weighted by Gasteiger charge is 2.14. The Hall–Kier alpha value is -3.25. The highest BCUT2D eigenvalue weighted by atomic mass is 32.1. The van der Waals surface area contributed by atoms with Gasteiger partial charge < -0.3 is 10.4 Å². The van der Waals surface area contributed by atoms with E-state index < -0.39 is 11.9 Å². The quantitative estimate of drug-likeness (QED) is 0.657. The molecule has 130 valence electrons. The number of nitrogens with one attached hydrogen (secondary N) is 1. The first kappa shape index (κ1) is 17.6. The number of aliphatic carboxylic acids is 1. The van der Waals surface area contributed by atoms with Gasteiger partial charge in [0.25, 0.3) is 5.91 Å². The lowest BCUT2D eigenvalue weighted by Crippen LogP contribution is -2.27. The SMILES string of the molecule is O=C(O)/C(=C\c1ccc(-c2ccccc2F)s1)NC(=O)c1ccccc1. The van der Waals surface area contributed by atoms with Crippen molar-refractivity contribution in [2.45, 2.75) is 0 Å². The third-order valence-electron chi connectivity index (χ3n) is 3.57. The van der Waals surface area contributed by atoms with E-state index in [1.54, 1.807) is 60.7 Å². The van der Waals surface area contributed by atoms with E-state index in [9.17, 15) is 19.1 Å². The number of carbonyl (C=O) groups is 2. The predicted molar refractivity (Wildman–Crippen MR) is 99.2 cm³/mol. The van der Waals surface area contributed by atoms with Crippen molar-refractivity contribution in [1.82, 2.24) is 5.32 Å². The van der Waals surface area contributed by atoms with Gasteiger partial charge in [0.2, 0.25) is 0 Å². The highest BCUT2D eigenvalue weighted by Crippen LogP contribution is 2.31. The number of carboxylic acids is 1. The minimum Gasteiger partial charge on any atom is -0.477 e. The van der Waals surface area contributed by atoms with Gasteiger partial charge in [-0.1, -0.05) is 36.4 Å². The molecule has 1 amide bonds. The van der Waals surface area contributed by atoms with Gasteiger partial charge >= 0.3 is 5.97 Å². The van der Waals surface area contributed by atoms with E-state index in [4.69, 9.17) is 0 Å². The van der Waals surface area contributed by atoms with Crippen LogP contribution in [0.3, 0.4) is 0 Å². The van der Waals surface area contributed by atoms with E-state index in [1.807, 2.05) is 0 Å². The minimum absolute atomic E-state index is 0.249. The molecule has 3 aromatic rings. The van der Waals surface area contributed by atoms with Crippen molar-refractivity contribution in [2.24, 2.45) is 0 Å². The molecule has 3 rings (SSSR count). The van der Waals surface area contributed by atoms with E-state index in [2.05, 4.69) is 5.32 Å². The van der Waals surface area contributed by atoms with Gasteiger partial charge in [-0.15, -0.1) is 11.3 Å². The average Bonchev–Trinajstić information content (AvgIpc) is 3.10. The normalized spacial score (nSPS) is 11.2. The van der Waals surface area contributed by atoms with E-state index in [-0.39, 0.29) is 11.5 Å². The Kier molecular flexibility index (Phi) is 5.24. The molecule has 0 unspecified atom stereocenters. The summed E-state index contributed by atoms with van der Waals surface area (Å²) in [4.78, 5) is 24.9. The van der Waals surface area contributed by atoms with Crippen LogP contribution in [0.1, 0.15) is 15.2 Å². The van der Waals surface area contributed by atoms with Crippen molar-refractivity contribution in [1.29, 1.82) is 0 Å². The van der Waals surface area contributed by atoms with Gasteiger partial charge in [-0.3, -0.25) is 4.79 Å². The van der Waals surface area contributed by atoms with Crippen molar-refractivity contribution >= 4 is 29.3 Å². The maximum Gasteiger partial charge on any atom is 0.352 e. The van der Waals surface area contributed by atoms with Gasteiger partial charge in [-0.2, -0.15) is 0 Å². The summed E-state index contributed by atoms with van der Waals surface area (Å²) in [6, 6.07) is 18.1. The number of benzene rings is 2. The van der Waals surface area contributed by atoms with Crippen LogP contribution in [-0.4, -0.2) is 17.0 Å². The molecule has 0 aliphatic carbocycles. The smallest absolute Gasteiger partial charge is 0.352 e. The van der Waals surface area contributed by atoms with Gasteiger partial charge in [0.1, 0.15) is 11.5 Å². The third kappa shape index (κ3) is 4.04. The van der Waals surface area contributed by atoms with E-state index in [1.165, 1.54) is 23.5 Å². The number of hydrogen-bond donors (Lipinski definition) is 2. The summed E-state index contributed by atoms with van der Waals surface area (Å²) >= 11 is 1.24. The maximum absolute atomic E-state index is 13.9. The Bertz CT molecular complexity index is 979. The average molecular weight is 367 g/mol. The zero-order valence-corrected chi connectivity index (χ0v) is 14.3. The van der Waals surface area contributed by atoms with Gasteiger partial charge in [-0.05, 0) is 36.4 Å². The van der Waals surface area contributed by atoms with E-state index in [0.717, 1.165) is 0 Å². The van der Waals surface area contributed by atoms with Gasteiger partial charge in [-0.25, -0.2) is 9.18 Å². The Morgan fingerprint density at radius 1 is 0.962 bits per heavy atom. The monoisotopic (exact) mass is 367 g/mol. The summed E-state index contributed by atoms with van der Waals surface area (Å²) < 4.78 is 13.9. The maximum atomic E-state index is 13.9. The molecule has 26 heavy (non-hydrogen) atoms. The number of halogens is 1. The number of hydrogen-bond acceptors (Lipinski definition) is 3. The minimum atomic E-state index is -1.25. The largest absolute Gasteiger partial charge is 0.477 e.